The number of carbonyl (C=O) groups is 1. The Hall–Kier alpha value is -1.83. The number of nitrogens with zero attached hydrogens (tertiary/aromatic N) is 1. The second kappa shape index (κ2) is 7.64. The Morgan fingerprint density at radius 3 is 2.74 bits per heavy atom. The number of benzene rings is 1. The Balaban J connectivity index is 1.34. The number of rotatable bonds is 4. The second-order valence-corrected chi connectivity index (χ2v) is 12.2. The van der Waals surface area contributed by atoms with Crippen LogP contribution < -0.4 is 10.2 Å². The molecule has 31 heavy (non-hydrogen) atoms. The standard InChI is InChI=1S/C24H24N2O2S3/c1-13-4-8-16(9-5-13)25-18(27)12-26-23-22(31-24(26)28)20(17-3-2-10-29-17)19-14-6-7-15(11-14)21(19)30-23/h2-5,8-10,14-15,19-21H,6-7,11-12H2,1H3,(H,25,27)/t14-,15+,19-,20-,21+/m1/s1. The molecule has 1 N–H and O–H groups in total. The molecule has 6 rings (SSSR count). The van der Waals surface area contributed by atoms with Gasteiger partial charge in [0.05, 0.1) is 5.03 Å². The molecule has 0 radical (unpaired) electrons. The highest BCUT2D eigenvalue weighted by Crippen LogP contribution is 2.64. The van der Waals surface area contributed by atoms with Gasteiger partial charge in [-0.2, -0.15) is 0 Å². The molecule has 0 spiro atoms. The summed E-state index contributed by atoms with van der Waals surface area (Å²) in [6.07, 6.45) is 3.98. The lowest BCUT2D eigenvalue weighted by Gasteiger charge is -2.40. The summed E-state index contributed by atoms with van der Waals surface area (Å²) < 4.78 is 1.73. The van der Waals surface area contributed by atoms with Crippen LogP contribution in [0.5, 0.6) is 0 Å². The zero-order chi connectivity index (χ0) is 21.1. The molecular formula is C24H24N2O2S3. The van der Waals surface area contributed by atoms with Crippen LogP contribution in [0, 0.1) is 24.7 Å². The normalized spacial score (nSPS) is 28.4. The van der Waals surface area contributed by atoms with Gasteiger partial charge >= 0.3 is 4.87 Å². The van der Waals surface area contributed by atoms with Crippen molar-refractivity contribution in [3.8, 4) is 0 Å². The SMILES string of the molecule is Cc1ccc(NC(=O)Cn2c3c(sc2=O)[C@H](c2cccs2)[C@H]2[C@@H]4CC[C@@H](C4)[C@@H]2S3)cc1. The average molecular weight is 469 g/mol. The first-order valence-electron chi connectivity index (χ1n) is 10.9. The van der Waals surface area contributed by atoms with E-state index in [1.54, 1.807) is 4.57 Å². The van der Waals surface area contributed by atoms with Crippen molar-refractivity contribution in [2.45, 2.75) is 48.9 Å². The van der Waals surface area contributed by atoms with E-state index in [9.17, 15) is 9.59 Å². The lowest BCUT2D eigenvalue weighted by Crippen LogP contribution is -2.34. The lowest BCUT2D eigenvalue weighted by molar-refractivity contribution is -0.116. The fourth-order valence-corrected chi connectivity index (χ4v) is 9.96. The largest absolute Gasteiger partial charge is 0.325 e. The van der Waals surface area contributed by atoms with E-state index in [4.69, 9.17) is 0 Å². The topological polar surface area (TPSA) is 51.1 Å². The summed E-state index contributed by atoms with van der Waals surface area (Å²) in [6, 6.07) is 12.1. The van der Waals surface area contributed by atoms with Crippen molar-refractivity contribution in [3.05, 3.63) is 66.8 Å². The first-order chi connectivity index (χ1) is 15.1. The number of thioether (sulfide) groups is 1. The highest BCUT2D eigenvalue weighted by molar-refractivity contribution is 8.00. The Kier molecular flexibility index (Phi) is 4.89. The van der Waals surface area contributed by atoms with Crippen LogP contribution in [0.1, 0.15) is 40.5 Å². The van der Waals surface area contributed by atoms with Gasteiger partial charge in [0.15, 0.2) is 0 Å². The van der Waals surface area contributed by atoms with Crippen molar-refractivity contribution in [1.29, 1.82) is 0 Å². The van der Waals surface area contributed by atoms with Crippen LogP contribution in [0.3, 0.4) is 0 Å². The summed E-state index contributed by atoms with van der Waals surface area (Å²) in [4.78, 5) is 28.4. The smallest absolute Gasteiger partial charge is 0.308 e. The van der Waals surface area contributed by atoms with E-state index in [1.807, 2.05) is 54.3 Å². The van der Waals surface area contributed by atoms with Crippen molar-refractivity contribution in [1.82, 2.24) is 4.57 Å². The monoisotopic (exact) mass is 468 g/mol. The molecule has 5 atom stereocenters. The van der Waals surface area contributed by atoms with Gasteiger partial charge in [0, 0.05) is 26.6 Å². The minimum Gasteiger partial charge on any atom is -0.325 e. The minimum atomic E-state index is -0.144. The molecule has 7 heteroatoms. The third-order valence-corrected chi connectivity index (χ3v) is 11.0. The molecule has 3 heterocycles. The van der Waals surface area contributed by atoms with Gasteiger partial charge < -0.3 is 5.32 Å². The number of nitrogens with one attached hydrogen (secondary N) is 1. The van der Waals surface area contributed by atoms with Crippen LogP contribution in [0.2, 0.25) is 0 Å². The number of amides is 1. The molecule has 1 amide bonds. The van der Waals surface area contributed by atoms with Crippen molar-refractivity contribution in [2.24, 2.45) is 17.8 Å². The Bertz CT molecular complexity index is 1180. The zero-order valence-corrected chi connectivity index (χ0v) is 19.7. The van der Waals surface area contributed by atoms with Crippen molar-refractivity contribution in [3.63, 3.8) is 0 Å². The van der Waals surface area contributed by atoms with Crippen LogP contribution in [-0.2, 0) is 11.3 Å². The fraction of sp³-hybridized carbons (Fsp3) is 0.417. The molecular weight excluding hydrogens is 444 g/mol. The van der Waals surface area contributed by atoms with E-state index in [-0.39, 0.29) is 17.3 Å². The number of thiophene rings is 1. The third kappa shape index (κ3) is 3.33. The van der Waals surface area contributed by atoms with E-state index < -0.39 is 0 Å². The lowest BCUT2D eigenvalue weighted by atomic mass is 9.77. The summed E-state index contributed by atoms with van der Waals surface area (Å²) in [7, 11) is 0. The number of carbonyl (C=O) groups excluding carboxylic acids is 1. The first-order valence-corrected chi connectivity index (χ1v) is 13.5. The van der Waals surface area contributed by atoms with Gasteiger partial charge in [0.2, 0.25) is 5.91 Å². The highest BCUT2D eigenvalue weighted by atomic mass is 32.2. The maximum atomic E-state index is 13.0. The number of hydrogen-bond acceptors (Lipinski definition) is 5. The Labute approximate surface area is 193 Å². The molecule has 3 aliphatic rings. The molecule has 2 aromatic heterocycles. The van der Waals surface area contributed by atoms with Gasteiger partial charge in [0.1, 0.15) is 6.54 Å². The molecule has 160 valence electrons. The molecule has 2 bridgehead atoms. The summed E-state index contributed by atoms with van der Waals surface area (Å²) in [6.45, 7) is 2.10. The van der Waals surface area contributed by atoms with Crippen molar-refractivity contribution in [2.75, 3.05) is 5.32 Å². The van der Waals surface area contributed by atoms with E-state index in [1.165, 1.54) is 40.4 Å². The maximum absolute atomic E-state index is 13.0. The molecule has 2 saturated carbocycles. The second-order valence-electron chi connectivity index (χ2n) is 9.02. The van der Waals surface area contributed by atoms with Gasteiger partial charge in [0.25, 0.3) is 0 Å². The van der Waals surface area contributed by atoms with Crippen molar-refractivity contribution >= 4 is 46.0 Å². The summed E-state index contributed by atoms with van der Waals surface area (Å²) >= 11 is 5.06. The maximum Gasteiger partial charge on any atom is 0.308 e. The molecule has 1 aromatic carbocycles. The quantitative estimate of drug-likeness (QED) is 0.545. The van der Waals surface area contributed by atoms with Crippen LogP contribution in [0.15, 0.2) is 51.6 Å². The number of aryl methyl sites for hydroxylation is 1. The van der Waals surface area contributed by atoms with E-state index in [0.717, 1.165) is 28.1 Å². The minimum absolute atomic E-state index is 0.00886. The summed E-state index contributed by atoms with van der Waals surface area (Å²) in [5.41, 5.74) is 1.92. The van der Waals surface area contributed by atoms with E-state index >= 15 is 0 Å². The third-order valence-electron chi connectivity index (χ3n) is 7.18. The molecule has 1 aliphatic heterocycles. The van der Waals surface area contributed by atoms with E-state index in [2.05, 4.69) is 22.8 Å². The Morgan fingerprint density at radius 2 is 1.97 bits per heavy atom. The zero-order valence-electron chi connectivity index (χ0n) is 17.2. The van der Waals surface area contributed by atoms with Crippen LogP contribution >= 0.6 is 34.4 Å². The Morgan fingerprint density at radius 1 is 1.16 bits per heavy atom. The molecule has 0 unspecified atom stereocenters. The first kappa shape index (κ1) is 19.8. The fourth-order valence-electron chi connectivity index (χ4n) is 5.85. The number of thiazole rings is 1. The molecule has 0 saturated heterocycles. The average Bonchev–Trinajstić information content (AvgIpc) is 3.54. The van der Waals surface area contributed by atoms with E-state index in [0.29, 0.717) is 17.1 Å². The van der Waals surface area contributed by atoms with Gasteiger partial charge in [-0.25, -0.2) is 0 Å². The molecule has 3 aromatic rings. The van der Waals surface area contributed by atoms with Crippen LogP contribution in [0.25, 0.3) is 0 Å². The number of aromatic nitrogens is 1. The van der Waals surface area contributed by atoms with Gasteiger partial charge in [-0.05, 0) is 67.5 Å². The number of hydrogen-bond donors (Lipinski definition) is 1. The van der Waals surface area contributed by atoms with Crippen molar-refractivity contribution < 1.29 is 4.79 Å². The summed E-state index contributed by atoms with van der Waals surface area (Å²) in [5.74, 6) is 2.33. The predicted molar refractivity (Wildman–Crippen MR) is 129 cm³/mol. The van der Waals surface area contributed by atoms with Gasteiger partial charge in [-0.3, -0.25) is 14.2 Å². The highest BCUT2D eigenvalue weighted by Gasteiger charge is 2.55. The predicted octanol–water partition coefficient (Wildman–Crippen LogP) is 5.57. The van der Waals surface area contributed by atoms with Gasteiger partial charge in [-0.1, -0.05) is 35.1 Å². The summed E-state index contributed by atoms with van der Waals surface area (Å²) in [5, 5.41) is 6.71. The molecule has 2 aliphatic carbocycles. The van der Waals surface area contributed by atoms with Crippen LogP contribution in [0.4, 0.5) is 5.69 Å². The van der Waals surface area contributed by atoms with Gasteiger partial charge in [-0.15, -0.1) is 23.1 Å². The molecule has 2 fully saturated rings. The number of anilines is 1. The number of fused-ring (bicyclic) bond motifs is 6. The molecule has 4 nitrogen and oxygen atoms in total. The van der Waals surface area contributed by atoms with Crippen LogP contribution in [-0.4, -0.2) is 15.7 Å².